The van der Waals surface area contributed by atoms with Crippen molar-refractivity contribution in [3.05, 3.63) is 42.2 Å². The molecule has 2 N–H and O–H groups in total. The van der Waals surface area contributed by atoms with Crippen LogP contribution in [0, 0.1) is 0 Å². The van der Waals surface area contributed by atoms with E-state index in [1.807, 2.05) is 32.0 Å². The number of carbonyl (C=O) groups is 2. The molecule has 3 atom stereocenters. The Morgan fingerprint density at radius 2 is 2.14 bits per heavy atom. The van der Waals surface area contributed by atoms with Crippen LogP contribution in [0.2, 0.25) is 0 Å². The van der Waals surface area contributed by atoms with E-state index < -0.39 is 0 Å². The highest BCUT2D eigenvalue weighted by atomic mass is 16.2. The minimum atomic E-state index is -0.0916. The molecule has 0 aliphatic carbocycles. The van der Waals surface area contributed by atoms with Crippen molar-refractivity contribution in [2.24, 2.45) is 0 Å². The highest BCUT2D eigenvalue weighted by molar-refractivity contribution is 5.95. The molecule has 148 valence electrons. The van der Waals surface area contributed by atoms with E-state index in [-0.39, 0.29) is 29.9 Å². The molecule has 2 aromatic rings. The first kappa shape index (κ1) is 18.6. The van der Waals surface area contributed by atoms with Crippen LogP contribution in [0.5, 0.6) is 0 Å². The molecular formula is C20H26N6O2. The number of rotatable bonds is 6. The molecule has 4 rings (SSSR count). The number of hydrogen-bond donors (Lipinski definition) is 2. The van der Waals surface area contributed by atoms with E-state index in [0.717, 1.165) is 24.9 Å². The van der Waals surface area contributed by atoms with Gasteiger partial charge in [-0.2, -0.15) is 0 Å². The molecule has 2 bridgehead atoms. The second-order valence-electron chi connectivity index (χ2n) is 7.91. The van der Waals surface area contributed by atoms with Crippen LogP contribution in [0.3, 0.4) is 0 Å². The summed E-state index contributed by atoms with van der Waals surface area (Å²) in [7, 11) is 0. The Morgan fingerprint density at radius 3 is 2.89 bits per heavy atom. The topological polar surface area (TPSA) is 92.2 Å². The fourth-order valence-corrected chi connectivity index (χ4v) is 4.42. The molecule has 0 saturated carbocycles. The van der Waals surface area contributed by atoms with E-state index in [1.165, 1.54) is 0 Å². The number of carbonyl (C=O) groups excluding carboxylic acids is 2. The Hall–Kier alpha value is -2.74. The van der Waals surface area contributed by atoms with Crippen LogP contribution >= 0.6 is 0 Å². The molecule has 3 heterocycles. The molecular weight excluding hydrogens is 356 g/mol. The van der Waals surface area contributed by atoms with Crippen LogP contribution in [0.1, 0.15) is 43.5 Å². The quantitative estimate of drug-likeness (QED) is 0.781. The van der Waals surface area contributed by atoms with Crippen LogP contribution in [-0.2, 0) is 4.79 Å². The van der Waals surface area contributed by atoms with Gasteiger partial charge in [-0.25, -0.2) is 4.68 Å². The molecule has 1 aromatic heterocycles. The number of aromatic nitrogens is 3. The molecule has 2 aliphatic heterocycles. The first-order valence-electron chi connectivity index (χ1n) is 9.84. The second kappa shape index (κ2) is 7.71. The minimum absolute atomic E-state index is 0.0550. The van der Waals surface area contributed by atoms with Gasteiger partial charge in [0.1, 0.15) is 0 Å². The number of fused-ring (bicyclic) bond motifs is 2. The van der Waals surface area contributed by atoms with Gasteiger partial charge in [0.05, 0.1) is 24.6 Å². The first-order valence-corrected chi connectivity index (χ1v) is 9.84. The molecule has 8 heteroatoms. The van der Waals surface area contributed by atoms with E-state index in [2.05, 4.69) is 25.8 Å². The summed E-state index contributed by atoms with van der Waals surface area (Å²) >= 11 is 0. The summed E-state index contributed by atoms with van der Waals surface area (Å²) in [6.45, 7) is 4.33. The van der Waals surface area contributed by atoms with Crippen molar-refractivity contribution < 1.29 is 9.59 Å². The van der Waals surface area contributed by atoms with Gasteiger partial charge in [0.15, 0.2) is 0 Å². The Kier molecular flexibility index (Phi) is 5.13. The van der Waals surface area contributed by atoms with E-state index >= 15 is 0 Å². The molecule has 28 heavy (non-hydrogen) atoms. The smallest absolute Gasteiger partial charge is 0.251 e. The first-order chi connectivity index (χ1) is 13.5. The lowest BCUT2D eigenvalue weighted by Gasteiger charge is -2.25. The van der Waals surface area contributed by atoms with Crippen molar-refractivity contribution >= 4 is 11.8 Å². The highest BCUT2D eigenvalue weighted by Gasteiger charge is 2.47. The number of amides is 2. The second-order valence-corrected chi connectivity index (χ2v) is 7.91. The van der Waals surface area contributed by atoms with Gasteiger partial charge in [-0.1, -0.05) is 11.3 Å². The fourth-order valence-electron chi connectivity index (χ4n) is 4.42. The largest absolute Gasteiger partial charge is 0.353 e. The van der Waals surface area contributed by atoms with Gasteiger partial charge in [-0.3, -0.25) is 14.5 Å². The van der Waals surface area contributed by atoms with Gasteiger partial charge in [0.2, 0.25) is 5.91 Å². The zero-order chi connectivity index (χ0) is 19.7. The summed E-state index contributed by atoms with van der Waals surface area (Å²) in [5, 5.41) is 13.9. The zero-order valence-corrected chi connectivity index (χ0v) is 16.2. The molecule has 2 aliphatic rings. The third-order valence-corrected chi connectivity index (χ3v) is 5.57. The Bertz CT molecular complexity index is 850. The number of nitrogens with one attached hydrogen (secondary N) is 2. The van der Waals surface area contributed by atoms with E-state index in [0.29, 0.717) is 18.2 Å². The van der Waals surface area contributed by atoms with Crippen molar-refractivity contribution in [2.75, 3.05) is 6.54 Å². The Morgan fingerprint density at radius 1 is 1.29 bits per heavy atom. The maximum atomic E-state index is 12.8. The number of benzene rings is 1. The van der Waals surface area contributed by atoms with Gasteiger partial charge in [0, 0.05) is 29.7 Å². The van der Waals surface area contributed by atoms with Crippen LogP contribution in [-0.4, -0.2) is 62.4 Å². The average molecular weight is 382 g/mol. The summed E-state index contributed by atoms with van der Waals surface area (Å²) < 4.78 is 1.63. The lowest BCUT2D eigenvalue weighted by atomic mass is 9.95. The van der Waals surface area contributed by atoms with E-state index in [9.17, 15) is 9.59 Å². The summed E-state index contributed by atoms with van der Waals surface area (Å²) in [5.41, 5.74) is 1.39. The number of nitrogens with zero attached hydrogens (tertiary/aromatic N) is 4. The predicted octanol–water partition coefficient (Wildman–Crippen LogP) is 1.13. The van der Waals surface area contributed by atoms with Crippen LogP contribution in [0.25, 0.3) is 5.69 Å². The van der Waals surface area contributed by atoms with E-state index in [1.54, 1.807) is 23.1 Å². The lowest BCUT2D eigenvalue weighted by molar-refractivity contribution is -0.123. The molecule has 0 unspecified atom stereocenters. The SMILES string of the molecule is CC(C)NC(=O)CN1[C@@H]2CC[C@H]1[C@@H](NC(=O)c1cccc(-n3ccnn3)c1)C2. The minimum Gasteiger partial charge on any atom is -0.353 e. The molecule has 1 aromatic carbocycles. The third kappa shape index (κ3) is 3.77. The van der Waals surface area contributed by atoms with Crippen molar-refractivity contribution in [1.82, 2.24) is 30.5 Å². The maximum Gasteiger partial charge on any atom is 0.251 e. The van der Waals surface area contributed by atoms with Crippen LogP contribution in [0.15, 0.2) is 36.7 Å². The van der Waals surface area contributed by atoms with Crippen molar-refractivity contribution in [3.8, 4) is 5.69 Å². The molecule has 2 amide bonds. The average Bonchev–Trinajstić information content (AvgIpc) is 3.38. The normalized spacial score (nSPS) is 23.9. The van der Waals surface area contributed by atoms with Crippen LogP contribution < -0.4 is 10.6 Å². The van der Waals surface area contributed by atoms with Crippen molar-refractivity contribution in [1.29, 1.82) is 0 Å². The predicted molar refractivity (Wildman–Crippen MR) is 104 cm³/mol. The molecule has 2 saturated heterocycles. The molecule has 2 fully saturated rings. The maximum absolute atomic E-state index is 12.8. The summed E-state index contributed by atoms with van der Waals surface area (Å²) in [6, 6.07) is 8.16. The lowest BCUT2D eigenvalue weighted by Crippen LogP contribution is -2.46. The van der Waals surface area contributed by atoms with Crippen molar-refractivity contribution in [3.63, 3.8) is 0 Å². The van der Waals surface area contributed by atoms with Crippen LogP contribution in [0.4, 0.5) is 0 Å². The van der Waals surface area contributed by atoms with Gasteiger partial charge < -0.3 is 10.6 Å². The highest BCUT2D eigenvalue weighted by Crippen LogP contribution is 2.37. The van der Waals surface area contributed by atoms with Crippen molar-refractivity contribution in [2.45, 2.75) is 57.3 Å². The molecule has 0 radical (unpaired) electrons. The zero-order valence-electron chi connectivity index (χ0n) is 16.2. The monoisotopic (exact) mass is 382 g/mol. The summed E-state index contributed by atoms with van der Waals surface area (Å²) in [6.07, 6.45) is 6.35. The molecule has 8 nitrogen and oxygen atoms in total. The third-order valence-electron chi connectivity index (χ3n) is 5.57. The fraction of sp³-hybridized carbons (Fsp3) is 0.500. The van der Waals surface area contributed by atoms with Gasteiger partial charge in [-0.15, -0.1) is 5.10 Å². The summed E-state index contributed by atoms with van der Waals surface area (Å²) in [4.78, 5) is 27.3. The Balaban J connectivity index is 1.41. The molecule has 0 spiro atoms. The van der Waals surface area contributed by atoms with Gasteiger partial charge >= 0.3 is 0 Å². The van der Waals surface area contributed by atoms with Gasteiger partial charge in [-0.05, 0) is 51.3 Å². The van der Waals surface area contributed by atoms with Gasteiger partial charge in [0.25, 0.3) is 5.91 Å². The Labute approximate surface area is 164 Å². The standard InChI is InChI=1S/C20H26N6O2/c1-13(2)22-19(27)12-25-15-6-7-18(25)17(11-15)23-20(28)14-4-3-5-16(10-14)26-9-8-21-24-26/h3-5,8-10,13,15,17-18H,6-7,11-12H2,1-2H3,(H,22,27)(H,23,28)/t15-,17+,18+/m1/s1. The number of hydrogen-bond acceptors (Lipinski definition) is 5. The van der Waals surface area contributed by atoms with E-state index in [4.69, 9.17) is 0 Å². The summed E-state index contributed by atoms with van der Waals surface area (Å²) in [5.74, 6) is -0.0366.